The summed E-state index contributed by atoms with van der Waals surface area (Å²) in [6.45, 7) is -3.85. The molecule has 0 aromatic carbocycles. The van der Waals surface area contributed by atoms with Crippen LogP contribution in [0.25, 0.3) is 0 Å². The summed E-state index contributed by atoms with van der Waals surface area (Å²) in [5.74, 6) is 0. The molecule has 0 radical (unpaired) electrons. The number of hydrogen-bond acceptors (Lipinski definition) is 3. The average molecular weight is 372 g/mol. The van der Waals surface area contributed by atoms with Crippen LogP contribution in [0.3, 0.4) is 0 Å². The van der Waals surface area contributed by atoms with Gasteiger partial charge in [0, 0.05) is 0 Å². The fourth-order valence-electron chi connectivity index (χ4n) is 0.338. The van der Waals surface area contributed by atoms with Crippen molar-refractivity contribution in [2.24, 2.45) is 0 Å². The first-order valence-electron chi connectivity index (χ1n) is 3.14. The van der Waals surface area contributed by atoms with Crippen molar-refractivity contribution >= 4 is 27.3 Å². The van der Waals surface area contributed by atoms with E-state index in [1.54, 1.807) is 0 Å². The molecule has 92 valence electrons. The zero-order valence-corrected chi connectivity index (χ0v) is 9.78. The number of halogens is 7. The maximum Gasteiger partial charge on any atom is 0.412 e. The minimum absolute atomic E-state index is 0.767. The highest BCUT2D eigenvalue weighted by atomic mass is 127. The van der Waals surface area contributed by atoms with E-state index in [1.165, 1.54) is 0 Å². The molecule has 3 nitrogen and oxygen atoms in total. The van der Waals surface area contributed by atoms with Crippen LogP contribution < -0.4 is 0 Å². The van der Waals surface area contributed by atoms with Crippen LogP contribution in [0.5, 0.6) is 0 Å². The molecule has 0 aliphatic rings. The Bertz CT molecular complexity index is 228. The lowest BCUT2D eigenvalue weighted by atomic mass is 10.7. The number of hydrogen-bond donors (Lipinski definition) is 0. The first kappa shape index (κ1) is 15.5. The SMILES string of the molecule is O=P(I)(OCC(F)(F)F)OCC(F)(F)F. The van der Waals surface area contributed by atoms with Crippen molar-refractivity contribution < 1.29 is 40.0 Å². The third kappa shape index (κ3) is 10.7. The van der Waals surface area contributed by atoms with Crippen molar-refractivity contribution in [3.63, 3.8) is 0 Å². The monoisotopic (exact) mass is 372 g/mol. The Balaban J connectivity index is 4.04. The lowest BCUT2D eigenvalue weighted by Crippen LogP contribution is -2.18. The van der Waals surface area contributed by atoms with Crippen molar-refractivity contribution in [1.82, 2.24) is 0 Å². The summed E-state index contributed by atoms with van der Waals surface area (Å²) in [6.07, 6.45) is -9.55. The molecule has 0 unspecified atom stereocenters. The molecule has 0 aromatic rings. The number of rotatable bonds is 4. The summed E-state index contributed by atoms with van der Waals surface area (Å²) < 4.78 is 87.4. The van der Waals surface area contributed by atoms with Gasteiger partial charge < -0.3 is 0 Å². The molecule has 0 aromatic heterocycles. The maximum absolute atomic E-state index is 11.5. The van der Waals surface area contributed by atoms with E-state index in [2.05, 4.69) is 9.05 Å². The Kier molecular flexibility index (Phi) is 5.35. The molecule has 0 spiro atoms. The fraction of sp³-hybridized carbons (Fsp3) is 1.00. The molecule has 0 atom stereocenters. The summed E-state index contributed by atoms with van der Waals surface area (Å²) in [7, 11) is 0. The van der Waals surface area contributed by atoms with Gasteiger partial charge in [-0.25, -0.2) is 4.57 Å². The normalized spacial score (nSPS) is 14.3. The first-order valence-corrected chi connectivity index (χ1v) is 7.46. The highest BCUT2D eigenvalue weighted by molar-refractivity contribution is 14.2. The summed E-state index contributed by atoms with van der Waals surface area (Å²) >= 11 is 0.767. The summed E-state index contributed by atoms with van der Waals surface area (Å²) in [5.41, 5.74) is 0. The van der Waals surface area contributed by atoms with E-state index in [0.717, 1.165) is 22.0 Å². The van der Waals surface area contributed by atoms with Crippen molar-refractivity contribution in [2.45, 2.75) is 12.4 Å². The van der Waals surface area contributed by atoms with Gasteiger partial charge in [-0.15, -0.1) is 0 Å². The van der Waals surface area contributed by atoms with Crippen molar-refractivity contribution in [3.8, 4) is 0 Å². The Labute approximate surface area is 93.1 Å². The predicted molar refractivity (Wildman–Crippen MR) is 45.6 cm³/mol. The van der Waals surface area contributed by atoms with Crippen LogP contribution in [0.15, 0.2) is 0 Å². The molecule has 0 saturated heterocycles. The average Bonchev–Trinajstić information content (AvgIpc) is 1.96. The van der Waals surface area contributed by atoms with Crippen LogP contribution in [0.2, 0.25) is 0 Å². The first-order chi connectivity index (χ1) is 6.41. The van der Waals surface area contributed by atoms with E-state index in [4.69, 9.17) is 0 Å². The van der Waals surface area contributed by atoms with E-state index in [1.807, 2.05) is 0 Å². The molecule has 0 fully saturated rings. The molecule has 11 heteroatoms. The lowest BCUT2D eigenvalue weighted by Gasteiger charge is -2.14. The standard InChI is InChI=1S/C4H4F6IO3P/c5-3(6,7)1-13-15(11,12)14-2-4(8,9)10/h1-2H2. The highest BCUT2D eigenvalue weighted by Crippen LogP contribution is 2.58. The molecule has 0 aliphatic carbocycles. The summed E-state index contributed by atoms with van der Waals surface area (Å²) in [4.78, 5) is 0. The maximum atomic E-state index is 11.5. The van der Waals surface area contributed by atoms with Crippen LogP contribution >= 0.6 is 27.3 Å². The molecule has 0 aliphatic heterocycles. The number of alkyl halides is 6. The molecular weight excluding hydrogens is 368 g/mol. The van der Waals surface area contributed by atoms with Crippen LogP contribution in [0, 0.1) is 0 Å². The van der Waals surface area contributed by atoms with Gasteiger partial charge in [0.2, 0.25) is 0 Å². The van der Waals surface area contributed by atoms with Gasteiger partial charge in [-0.05, 0) is 0 Å². The van der Waals surface area contributed by atoms with Gasteiger partial charge in [-0.3, -0.25) is 9.05 Å². The topological polar surface area (TPSA) is 35.5 Å². The van der Waals surface area contributed by atoms with Crippen LogP contribution in [0.4, 0.5) is 26.3 Å². The molecular formula is C4H4F6IO3P. The van der Waals surface area contributed by atoms with Crippen molar-refractivity contribution in [1.29, 1.82) is 0 Å². The Morgan fingerprint density at radius 2 is 1.20 bits per heavy atom. The van der Waals surface area contributed by atoms with Gasteiger partial charge in [0.15, 0.2) is 13.2 Å². The molecule has 0 N–H and O–H groups in total. The molecule has 0 rings (SSSR count). The van der Waals surface area contributed by atoms with Crippen molar-refractivity contribution in [3.05, 3.63) is 0 Å². The second kappa shape index (κ2) is 5.19. The van der Waals surface area contributed by atoms with Crippen LogP contribution in [0.1, 0.15) is 0 Å². The van der Waals surface area contributed by atoms with Gasteiger partial charge in [0.05, 0.1) is 22.0 Å². The lowest BCUT2D eigenvalue weighted by molar-refractivity contribution is -0.163. The second-order valence-corrected chi connectivity index (χ2v) is 7.13. The largest absolute Gasteiger partial charge is 0.412 e. The van der Waals surface area contributed by atoms with E-state index in [0.29, 0.717) is 0 Å². The molecule has 0 saturated carbocycles. The minimum atomic E-state index is -4.78. The minimum Gasteiger partial charge on any atom is -0.292 e. The van der Waals surface area contributed by atoms with E-state index in [9.17, 15) is 30.9 Å². The zero-order valence-electron chi connectivity index (χ0n) is 6.73. The molecule has 0 heterocycles. The zero-order chi connectivity index (χ0) is 12.3. The van der Waals surface area contributed by atoms with Gasteiger partial charge in [-0.2, -0.15) is 26.3 Å². The van der Waals surface area contributed by atoms with Gasteiger partial charge in [0.25, 0.3) is 0 Å². The molecule has 15 heavy (non-hydrogen) atoms. The van der Waals surface area contributed by atoms with E-state index in [-0.39, 0.29) is 0 Å². The second-order valence-electron chi connectivity index (χ2n) is 2.21. The highest BCUT2D eigenvalue weighted by Gasteiger charge is 2.36. The van der Waals surface area contributed by atoms with Gasteiger partial charge in [-0.1, -0.05) is 0 Å². The predicted octanol–water partition coefficient (Wildman–Crippen LogP) is 3.69. The van der Waals surface area contributed by atoms with E-state index >= 15 is 0 Å². The quantitative estimate of drug-likeness (QED) is 0.429. The Morgan fingerprint density at radius 1 is 0.933 bits per heavy atom. The van der Waals surface area contributed by atoms with Crippen LogP contribution in [-0.4, -0.2) is 25.6 Å². The molecule has 0 bridgehead atoms. The van der Waals surface area contributed by atoms with Gasteiger partial charge in [0.1, 0.15) is 0 Å². The van der Waals surface area contributed by atoms with Crippen molar-refractivity contribution in [2.75, 3.05) is 13.2 Å². The Hall–Kier alpha value is 0.460. The fourth-order valence-corrected chi connectivity index (χ4v) is 1.85. The van der Waals surface area contributed by atoms with Crippen LogP contribution in [-0.2, 0) is 13.6 Å². The molecule has 0 amide bonds. The van der Waals surface area contributed by atoms with Gasteiger partial charge >= 0.3 is 17.6 Å². The smallest absolute Gasteiger partial charge is 0.292 e. The summed E-state index contributed by atoms with van der Waals surface area (Å²) in [6, 6.07) is 0. The Morgan fingerprint density at radius 3 is 1.40 bits per heavy atom. The third-order valence-corrected chi connectivity index (χ3v) is 3.31. The summed E-state index contributed by atoms with van der Waals surface area (Å²) in [5, 5.41) is -4.36. The van der Waals surface area contributed by atoms with E-state index < -0.39 is 30.8 Å². The third-order valence-electron chi connectivity index (χ3n) is 0.765.